The van der Waals surface area contributed by atoms with Gasteiger partial charge in [-0.2, -0.15) is 0 Å². The summed E-state index contributed by atoms with van der Waals surface area (Å²) in [7, 11) is -2.04. The van der Waals surface area contributed by atoms with Crippen LogP contribution >= 0.6 is 0 Å². The van der Waals surface area contributed by atoms with Gasteiger partial charge in [0.25, 0.3) is 10.0 Å². The van der Waals surface area contributed by atoms with Crippen LogP contribution in [0.3, 0.4) is 0 Å². The van der Waals surface area contributed by atoms with Crippen molar-refractivity contribution in [1.82, 2.24) is 10.2 Å². The monoisotopic (exact) mass is 398 g/mol. The third-order valence-corrected chi connectivity index (χ3v) is 5.50. The maximum absolute atomic E-state index is 12.4. The van der Waals surface area contributed by atoms with Gasteiger partial charge in [-0.25, -0.2) is 8.42 Å². The zero-order valence-corrected chi connectivity index (χ0v) is 16.5. The van der Waals surface area contributed by atoms with Crippen molar-refractivity contribution in [3.63, 3.8) is 0 Å². The van der Waals surface area contributed by atoms with E-state index in [0.29, 0.717) is 12.4 Å². The molecule has 0 aliphatic heterocycles. The second kappa shape index (κ2) is 8.71. The highest BCUT2D eigenvalue weighted by molar-refractivity contribution is 7.92. The molecule has 2 aromatic carbocycles. The van der Waals surface area contributed by atoms with Crippen LogP contribution < -0.4 is 14.8 Å². The molecule has 0 atom stereocenters. The van der Waals surface area contributed by atoms with Gasteiger partial charge in [0.1, 0.15) is 11.6 Å². The molecule has 0 spiro atoms. The first-order valence-electron chi connectivity index (χ1n) is 8.77. The average Bonchev–Trinajstić information content (AvgIpc) is 2.70. The summed E-state index contributed by atoms with van der Waals surface area (Å²) in [5.74, 6) is 1.57. The minimum Gasteiger partial charge on any atom is -0.496 e. The zero-order valence-electron chi connectivity index (χ0n) is 15.7. The quantitative estimate of drug-likeness (QED) is 0.605. The highest BCUT2D eigenvalue weighted by atomic mass is 32.2. The lowest BCUT2D eigenvalue weighted by Crippen LogP contribution is -2.15. The number of rotatable bonds is 8. The lowest BCUT2D eigenvalue weighted by molar-refractivity contribution is 0.410. The van der Waals surface area contributed by atoms with E-state index in [1.54, 1.807) is 43.5 Å². The molecule has 7 nitrogen and oxygen atoms in total. The Morgan fingerprint density at radius 3 is 2.29 bits per heavy atom. The Kier molecular flexibility index (Phi) is 6.10. The number of anilines is 2. The Morgan fingerprint density at radius 1 is 0.929 bits per heavy atom. The summed E-state index contributed by atoms with van der Waals surface area (Å²) in [6, 6.07) is 17.7. The van der Waals surface area contributed by atoms with Crippen LogP contribution in [0, 0.1) is 6.92 Å². The van der Waals surface area contributed by atoms with Crippen molar-refractivity contribution in [2.24, 2.45) is 0 Å². The Bertz CT molecular complexity index is 1020. The summed E-state index contributed by atoms with van der Waals surface area (Å²) in [4.78, 5) is 0.180. The summed E-state index contributed by atoms with van der Waals surface area (Å²) >= 11 is 0. The minimum atomic E-state index is -3.69. The summed E-state index contributed by atoms with van der Waals surface area (Å²) in [6.45, 7) is 2.54. The van der Waals surface area contributed by atoms with Crippen LogP contribution in [0.25, 0.3) is 0 Å². The van der Waals surface area contributed by atoms with Crippen LogP contribution in [0.1, 0.15) is 11.1 Å². The number of sulfonamides is 1. The van der Waals surface area contributed by atoms with E-state index in [1.807, 2.05) is 31.2 Å². The third-order valence-electron chi connectivity index (χ3n) is 4.13. The van der Waals surface area contributed by atoms with Crippen LogP contribution in [-0.2, 0) is 16.4 Å². The zero-order chi connectivity index (χ0) is 20.0. The molecule has 3 aromatic rings. The van der Waals surface area contributed by atoms with Crippen molar-refractivity contribution >= 4 is 21.7 Å². The largest absolute Gasteiger partial charge is 0.496 e. The fraction of sp³-hybridized carbons (Fsp3) is 0.200. The van der Waals surface area contributed by atoms with E-state index >= 15 is 0 Å². The molecule has 0 saturated heterocycles. The molecular weight excluding hydrogens is 376 g/mol. The summed E-state index contributed by atoms with van der Waals surface area (Å²) < 4.78 is 32.5. The van der Waals surface area contributed by atoms with E-state index < -0.39 is 10.0 Å². The van der Waals surface area contributed by atoms with Crippen molar-refractivity contribution in [1.29, 1.82) is 0 Å². The normalized spacial score (nSPS) is 11.1. The summed E-state index contributed by atoms with van der Waals surface area (Å²) in [5, 5.41) is 11.1. The molecule has 1 heterocycles. The third kappa shape index (κ3) is 4.98. The number of aromatic nitrogens is 2. The predicted molar refractivity (Wildman–Crippen MR) is 109 cm³/mol. The number of nitrogens with zero attached hydrogens (tertiary/aromatic N) is 2. The highest BCUT2D eigenvalue weighted by Gasteiger charge is 2.14. The Hall–Kier alpha value is -3.13. The average molecular weight is 398 g/mol. The number of para-hydroxylation sites is 1. The van der Waals surface area contributed by atoms with Crippen molar-refractivity contribution in [2.45, 2.75) is 18.2 Å². The van der Waals surface area contributed by atoms with Gasteiger partial charge < -0.3 is 10.1 Å². The highest BCUT2D eigenvalue weighted by Crippen LogP contribution is 2.18. The number of nitrogens with one attached hydrogen (secondary N) is 2. The lowest BCUT2D eigenvalue weighted by atomic mass is 10.1. The molecule has 0 aliphatic rings. The van der Waals surface area contributed by atoms with Gasteiger partial charge in [0.05, 0.1) is 12.0 Å². The number of benzene rings is 2. The fourth-order valence-corrected chi connectivity index (χ4v) is 3.63. The summed E-state index contributed by atoms with van der Waals surface area (Å²) in [5.41, 5.74) is 2.08. The van der Waals surface area contributed by atoms with Crippen LogP contribution in [0.4, 0.5) is 11.6 Å². The van der Waals surface area contributed by atoms with E-state index in [2.05, 4.69) is 20.2 Å². The predicted octanol–water partition coefficient (Wildman–Crippen LogP) is 3.25. The molecule has 0 aliphatic carbocycles. The second-order valence-electron chi connectivity index (χ2n) is 6.21. The molecular formula is C20H22N4O3S. The van der Waals surface area contributed by atoms with Crippen LogP contribution in [0.2, 0.25) is 0 Å². The molecule has 8 heteroatoms. The molecule has 0 fully saturated rings. The molecule has 1 aromatic heterocycles. The molecule has 0 bridgehead atoms. The van der Waals surface area contributed by atoms with E-state index in [0.717, 1.165) is 23.3 Å². The van der Waals surface area contributed by atoms with Crippen LogP contribution in [-0.4, -0.2) is 32.3 Å². The Morgan fingerprint density at radius 2 is 1.61 bits per heavy atom. The second-order valence-corrected chi connectivity index (χ2v) is 7.89. The number of ether oxygens (including phenoxy) is 1. The molecule has 2 N–H and O–H groups in total. The Balaban J connectivity index is 1.58. The van der Waals surface area contributed by atoms with Crippen LogP contribution in [0.15, 0.2) is 65.6 Å². The number of hydrogen-bond acceptors (Lipinski definition) is 6. The van der Waals surface area contributed by atoms with Crippen molar-refractivity contribution in [3.05, 3.63) is 71.8 Å². The smallest absolute Gasteiger partial charge is 0.263 e. The molecule has 3 rings (SSSR count). The minimum absolute atomic E-state index is 0.163. The molecule has 0 amide bonds. The maximum atomic E-state index is 12.4. The van der Waals surface area contributed by atoms with Gasteiger partial charge in [-0.15, -0.1) is 10.2 Å². The van der Waals surface area contributed by atoms with Gasteiger partial charge >= 0.3 is 0 Å². The number of methoxy groups -OCH3 is 1. The van der Waals surface area contributed by atoms with E-state index in [-0.39, 0.29) is 10.7 Å². The first kappa shape index (κ1) is 19.6. The topological polar surface area (TPSA) is 93.2 Å². The van der Waals surface area contributed by atoms with Crippen LogP contribution in [0.5, 0.6) is 5.75 Å². The molecule has 28 heavy (non-hydrogen) atoms. The number of hydrogen-bond donors (Lipinski definition) is 2. The molecule has 0 unspecified atom stereocenters. The van der Waals surface area contributed by atoms with E-state index in [1.165, 1.54) is 0 Å². The van der Waals surface area contributed by atoms with Crippen molar-refractivity contribution in [2.75, 3.05) is 23.7 Å². The van der Waals surface area contributed by atoms with Gasteiger partial charge in [-0.3, -0.25) is 4.72 Å². The SMILES string of the molecule is COc1ccccc1CCNc1ccc(NS(=O)(=O)c2ccc(C)cc2)nn1. The summed E-state index contributed by atoms with van der Waals surface area (Å²) in [6.07, 6.45) is 0.757. The maximum Gasteiger partial charge on any atom is 0.263 e. The van der Waals surface area contributed by atoms with Gasteiger partial charge in [-0.05, 0) is 49.2 Å². The number of aryl methyl sites for hydroxylation is 1. The Labute approximate surface area is 164 Å². The molecule has 0 radical (unpaired) electrons. The van der Waals surface area contributed by atoms with E-state index in [4.69, 9.17) is 4.74 Å². The van der Waals surface area contributed by atoms with Crippen molar-refractivity contribution in [3.8, 4) is 5.75 Å². The van der Waals surface area contributed by atoms with Gasteiger partial charge in [-0.1, -0.05) is 35.9 Å². The standard InChI is InChI=1S/C20H22N4O3S/c1-15-7-9-17(10-8-15)28(25,26)24-20-12-11-19(22-23-20)21-14-13-16-5-3-4-6-18(16)27-2/h3-12H,13-14H2,1-2H3,(H,21,22)(H,23,24). The fourth-order valence-electron chi connectivity index (χ4n) is 2.63. The van der Waals surface area contributed by atoms with Gasteiger partial charge in [0, 0.05) is 6.54 Å². The van der Waals surface area contributed by atoms with E-state index in [9.17, 15) is 8.42 Å². The van der Waals surface area contributed by atoms with Gasteiger partial charge in [0.15, 0.2) is 5.82 Å². The van der Waals surface area contributed by atoms with Gasteiger partial charge in [0.2, 0.25) is 0 Å². The first-order valence-corrected chi connectivity index (χ1v) is 10.3. The molecule has 0 saturated carbocycles. The first-order chi connectivity index (χ1) is 13.5. The lowest BCUT2D eigenvalue weighted by Gasteiger charge is -2.10. The molecule has 146 valence electrons. The van der Waals surface area contributed by atoms with Crippen molar-refractivity contribution < 1.29 is 13.2 Å².